The fourth-order valence-electron chi connectivity index (χ4n) is 14.5. The van der Waals surface area contributed by atoms with Gasteiger partial charge in [-0.25, -0.2) is 8.78 Å². The van der Waals surface area contributed by atoms with Crippen molar-refractivity contribution >= 4 is 23.2 Å². The highest BCUT2D eigenvalue weighted by Crippen LogP contribution is 2.41. The summed E-state index contributed by atoms with van der Waals surface area (Å²) >= 11 is 0. The predicted molar refractivity (Wildman–Crippen MR) is 357 cm³/mol. The highest BCUT2D eigenvalue weighted by molar-refractivity contribution is 5.98. The molecule has 6 aliphatic rings. The molecule has 6 atom stereocenters. The number of fused-ring (bicyclic) bond motifs is 2. The molecular weight excluding hydrogens is 1180 g/mol. The van der Waals surface area contributed by atoms with Crippen molar-refractivity contribution in [1.82, 2.24) is 40.2 Å². The zero-order chi connectivity index (χ0) is 65.3. The number of ether oxygens (including phenoxy) is 4. The molecule has 2 aromatic heterocycles. The Kier molecular flexibility index (Phi) is 19.6. The number of nitrogens with one attached hydrogen (secondary N) is 4. The second-order valence-corrected chi connectivity index (χ2v) is 28.7. The van der Waals surface area contributed by atoms with E-state index in [1.54, 1.807) is 24.3 Å². The van der Waals surface area contributed by atoms with Crippen molar-refractivity contribution in [1.29, 1.82) is 0 Å². The van der Waals surface area contributed by atoms with Gasteiger partial charge in [-0.05, 0) is 96.8 Å². The Bertz CT molecular complexity index is 3490. The quantitative estimate of drug-likeness (QED) is 0.0615. The van der Waals surface area contributed by atoms with Crippen LogP contribution in [0.1, 0.15) is 100 Å². The number of aromatic amines is 2. The van der Waals surface area contributed by atoms with E-state index in [1.807, 2.05) is 46.2 Å². The number of hydrogen-bond donors (Lipinski definition) is 4. The van der Waals surface area contributed by atoms with Gasteiger partial charge in [0.05, 0.1) is 37.7 Å². The maximum absolute atomic E-state index is 14.4. The van der Waals surface area contributed by atoms with Crippen LogP contribution < -0.4 is 41.0 Å². The molecule has 0 unspecified atom stereocenters. The Balaban J connectivity index is 0.598. The summed E-state index contributed by atoms with van der Waals surface area (Å²) < 4.78 is 52.7. The first-order valence-electron chi connectivity index (χ1n) is 33.2. The van der Waals surface area contributed by atoms with Gasteiger partial charge in [0, 0.05) is 154 Å². The molecule has 0 bridgehead atoms. The largest absolute Gasteiger partial charge is 0.491 e. The van der Waals surface area contributed by atoms with Crippen LogP contribution in [0.4, 0.5) is 20.2 Å². The number of halogens is 2. The number of piperazine rings is 2. The van der Waals surface area contributed by atoms with Crippen molar-refractivity contribution in [3.63, 3.8) is 0 Å². The lowest BCUT2D eigenvalue weighted by atomic mass is 9.78. The van der Waals surface area contributed by atoms with Crippen LogP contribution >= 0.6 is 0 Å². The second kappa shape index (κ2) is 27.7. The number of aromatic nitrogens is 2. The monoisotopic (exact) mass is 1270 g/mol. The van der Waals surface area contributed by atoms with Gasteiger partial charge in [0.1, 0.15) is 48.6 Å². The van der Waals surface area contributed by atoms with Crippen molar-refractivity contribution in [3.8, 4) is 11.5 Å². The maximum atomic E-state index is 14.4. The fraction of sp³-hybridized carbons (Fsp3) is 0.507. The number of H-pyrrole nitrogens is 2. The highest BCUT2D eigenvalue weighted by atomic mass is 19.1. The van der Waals surface area contributed by atoms with Crippen LogP contribution in [0.25, 0.3) is 0 Å². The van der Waals surface area contributed by atoms with E-state index < -0.39 is 10.8 Å². The summed E-state index contributed by atoms with van der Waals surface area (Å²) in [6.07, 6.45) is 0.416. The Labute approximate surface area is 544 Å². The Morgan fingerprint density at radius 2 is 0.957 bits per heavy atom. The SMILES string of the molecule is C[C@@H]1CN(CC(=O)N2CC(C)(C)c3[nH]c(=O)c(Cc4ccc(F)cc4)cc32)[C@@H](CN2CCO[C@H](COc3ccc(C(C)(C)c4ccc(OC[C@@H]5CN(C[C@H]6CN[C@H](C)CN6CC(=O)N6CC(C)(C)c7[nH]c(=O)c(Cc8ccc(F)cc8)cc76)CCO5)cc4)cc3)C2)CN1. The zero-order valence-corrected chi connectivity index (χ0v) is 55.2. The van der Waals surface area contributed by atoms with Gasteiger partial charge in [0.25, 0.3) is 11.1 Å². The molecule has 6 aliphatic heterocycles. The molecule has 4 fully saturated rings. The lowest BCUT2D eigenvalue weighted by molar-refractivity contribution is -0.121. The molecule has 4 N–H and O–H groups in total. The summed E-state index contributed by atoms with van der Waals surface area (Å²) in [5.41, 5.74) is 6.46. The summed E-state index contributed by atoms with van der Waals surface area (Å²) in [4.78, 5) is 74.8. The third kappa shape index (κ3) is 15.3. The van der Waals surface area contributed by atoms with Crippen molar-refractivity contribution in [2.75, 3.05) is 128 Å². The van der Waals surface area contributed by atoms with Crippen molar-refractivity contribution in [2.24, 2.45) is 0 Å². The number of rotatable bonds is 20. The van der Waals surface area contributed by atoms with Crippen molar-refractivity contribution in [3.05, 3.63) is 186 Å². The lowest BCUT2D eigenvalue weighted by Gasteiger charge is -2.43. The summed E-state index contributed by atoms with van der Waals surface area (Å²) in [6.45, 7) is 27.9. The highest BCUT2D eigenvalue weighted by Gasteiger charge is 2.43. The van der Waals surface area contributed by atoms with Gasteiger partial charge in [0.2, 0.25) is 11.8 Å². The molecule has 20 heteroatoms. The van der Waals surface area contributed by atoms with Gasteiger partial charge in [-0.15, -0.1) is 0 Å². The summed E-state index contributed by atoms with van der Waals surface area (Å²) in [5, 5.41) is 7.31. The topological polar surface area (TPSA) is 180 Å². The minimum Gasteiger partial charge on any atom is -0.491 e. The molecule has 6 aromatic rings. The normalized spacial score (nSPS) is 23.6. The molecule has 18 nitrogen and oxygen atoms in total. The number of benzene rings is 4. The molecule has 0 radical (unpaired) electrons. The number of anilines is 2. The smallest absolute Gasteiger partial charge is 0.251 e. The van der Waals surface area contributed by atoms with E-state index in [0.717, 1.165) is 109 Å². The summed E-state index contributed by atoms with van der Waals surface area (Å²) in [7, 11) is 0. The van der Waals surface area contributed by atoms with E-state index in [4.69, 9.17) is 18.9 Å². The number of pyridine rings is 2. The van der Waals surface area contributed by atoms with Crippen molar-refractivity contribution < 1.29 is 37.3 Å². The number of carbonyl (C=O) groups excluding carboxylic acids is 2. The molecule has 0 saturated carbocycles. The van der Waals surface area contributed by atoms with Crippen LogP contribution in [0.2, 0.25) is 0 Å². The molecule has 4 saturated heterocycles. The first kappa shape index (κ1) is 65.9. The number of hydrogen-bond acceptors (Lipinski definition) is 14. The van der Waals surface area contributed by atoms with E-state index in [-0.39, 0.29) is 89.4 Å². The van der Waals surface area contributed by atoms with E-state index in [9.17, 15) is 28.0 Å². The van der Waals surface area contributed by atoms with Crippen LogP contribution in [0.5, 0.6) is 11.5 Å². The fourth-order valence-corrected chi connectivity index (χ4v) is 14.5. The van der Waals surface area contributed by atoms with Gasteiger partial charge in [0.15, 0.2) is 0 Å². The molecular formula is C73H92F2N10O8. The number of amides is 2. The van der Waals surface area contributed by atoms with Gasteiger partial charge < -0.3 is 49.3 Å². The van der Waals surface area contributed by atoms with Crippen molar-refractivity contribution in [2.45, 2.75) is 121 Å². The molecule has 0 aliphatic carbocycles. The average molecular weight is 1280 g/mol. The third-order valence-electron chi connectivity index (χ3n) is 20.0. The molecule has 8 heterocycles. The second-order valence-electron chi connectivity index (χ2n) is 28.7. The van der Waals surface area contributed by atoms with E-state index in [2.05, 4.69) is 120 Å². The first-order valence-corrected chi connectivity index (χ1v) is 33.2. The minimum absolute atomic E-state index is 0.00215. The van der Waals surface area contributed by atoms with Gasteiger partial charge >= 0.3 is 0 Å². The van der Waals surface area contributed by atoms with Gasteiger partial charge in [-0.1, -0.05) is 90.1 Å². The molecule has 93 heavy (non-hydrogen) atoms. The number of morpholine rings is 2. The summed E-state index contributed by atoms with van der Waals surface area (Å²) in [5.74, 6) is 0.889. The predicted octanol–water partition coefficient (Wildman–Crippen LogP) is 6.98. The van der Waals surface area contributed by atoms with Crippen LogP contribution in [0.3, 0.4) is 0 Å². The lowest BCUT2D eigenvalue weighted by Crippen LogP contribution is -2.61. The standard InChI is InChI=1S/C73H92F2N10O8/c1-47-35-82(41-65(86)84-45-71(3,4)67-63(84)31-51(69(88)78-67)29-49-9-17-55(74)18-10-49)57(33-76-47)37-80-25-27-90-61(39-80)43-92-59-21-13-53(14-22-59)73(7,8)54-15-23-60(24-16-54)93-44-62-40-81(26-28-91-62)38-58-34-77-48(2)36-83(58)42-66(87)85-46-72(5,6)68-64(85)32-52(70(89)79-68)30-50-11-19-56(75)20-12-50/h9-24,31-32,47-48,57-58,61-62,76-77H,25-30,33-46H2,1-8H3,(H,78,88)(H,79,89)/t47-,48-,57-,58-,61+,62+/m1/s1. The van der Waals surface area contributed by atoms with Crippen LogP contribution in [-0.4, -0.2) is 196 Å². The average Bonchev–Trinajstić information content (AvgIpc) is 1.67. The third-order valence-corrected chi connectivity index (χ3v) is 20.0. The first-order chi connectivity index (χ1) is 44.5. The van der Waals surface area contributed by atoms with E-state index in [1.165, 1.54) is 24.3 Å². The van der Waals surface area contributed by atoms with E-state index >= 15 is 0 Å². The van der Waals surface area contributed by atoms with Crippen LogP contribution in [0, 0.1) is 11.6 Å². The van der Waals surface area contributed by atoms with E-state index in [0.29, 0.717) is 76.6 Å². The number of nitrogens with zero attached hydrogens (tertiary/aromatic N) is 6. The van der Waals surface area contributed by atoms with Gasteiger partial charge in [-0.3, -0.25) is 38.8 Å². The Morgan fingerprint density at radius 1 is 0.570 bits per heavy atom. The number of carbonyl (C=O) groups is 2. The minimum atomic E-state index is -0.437. The zero-order valence-electron chi connectivity index (χ0n) is 55.2. The Morgan fingerprint density at radius 3 is 1.34 bits per heavy atom. The molecule has 12 rings (SSSR count). The molecule has 2 amide bonds. The molecule has 496 valence electrons. The van der Waals surface area contributed by atoms with Gasteiger partial charge in [-0.2, -0.15) is 0 Å². The summed E-state index contributed by atoms with van der Waals surface area (Å²) in [6, 6.07) is 33.3. The molecule has 4 aromatic carbocycles. The maximum Gasteiger partial charge on any atom is 0.251 e. The van der Waals surface area contributed by atoms with Crippen LogP contribution in [0.15, 0.2) is 119 Å². The Hall–Kier alpha value is -7.14. The molecule has 0 spiro atoms. The van der Waals surface area contributed by atoms with Crippen LogP contribution in [-0.2, 0) is 48.1 Å².